The van der Waals surface area contributed by atoms with E-state index < -0.39 is 0 Å². The average Bonchev–Trinajstić information content (AvgIpc) is 3.21. The first-order valence-corrected chi connectivity index (χ1v) is 16.4. The van der Waals surface area contributed by atoms with Gasteiger partial charge in [-0.2, -0.15) is 0 Å². The molecule has 0 aromatic rings. The second-order valence-corrected chi connectivity index (χ2v) is 13.3. The van der Waals surface area contributed by atoms with E-state index in [1.165, 1.54) is 32.1 Å². The van der Waals surface area contributed by atoms with Crippen molar-refractivity contribution in [1.29, 1.82) is 0 Å². The van der Waals surface area contributed by atoms with Gasteiger partial charge in [-0.15, -0.1) is 0 Å². The van der Waals surface area contributed by atoms with Crippen LogP contribution >= 0.6 is 0 Å². The first-order chi connectivity index (χ1) is 19.0. The summed E-state index contributed by atoms with van der Waals surface area (Å²) in [6.45, 7) is 12.2. The molecule has 5 aliphatic rings. The van der Waals surface area contributed by atoms with Crippen molar-refractivity contribution in [2.24, 2.45) is 5.92 Å². The lowest BCUT2D eigenvalue weighted by atomic mass is 9.80. The van der Waals surface area contributed by atoms with Crippen molar-refractivity contribution in [3.63, 3.8) is 0 Å². The summed E-state index contributed by atoms with van der Waals surface area (Å²) in [6.07, 6.45) is 14.6. The molecule has 0 aromatic carbocycles. The van der Waals surface area contributed by atoms with Crippen LogP contribution in [0.3, 0.4) is 0 Å². The predicted molar refractivity (Wildman–Crippen MR) is 155 cm³/mol. The summed E-state index contributed by atoms with van der Waals surface area (Å²) in [7, 11) is 2.17. The van der Waals surface area contributed by atoms with E-state index in [4.69, 9.17) is 4.74 Å². The van der Waals surface area contributed by atoms with E-state index in [0.717, 1.165) is 110 Å². The topological polar surface area (TPSA) is 59.6 Å². The van der Waals surface area contributed by atoms with Gasteiger partial charge < -0.3 is 24.3 Å². The molecule has 0 bridgehead atoms. The smallest absolute Gasteiger partial charge is 0.410 e. The van der Waals surface area contributed by atoms with Gasteiger partial charge in [0.1, 0.15) is 5.60 Å². The highest BCUT2D eigenvalue weighted by Gasteiger charge is 2.55. The molecule has 4 aliphatic heterocycles. The van der Waals surface area contributed by atoms with E-state index >= 15 is 0 Å². The minimum absolute atomic E-state index is 0.0430. The van der Waals surface area contributed by atoms with Crippen LogP contribution in [-0.2, 0) is 9.53 Å². The Hall–Kier alpha value is -1.38. The molecule has 5 rings (SSSR count). The van der Waals surface area contributed by atoms with Gasteiger partial charge in [0, 0.05) is 90.8 Å². The molecule has 222 valence electrons. The molecular weight excluding hydrogens is 490 g/mol. The van der Waals surface area contributed by atoms with Crippen LogP contribution in [0.25, 0.3) is 0 Å². The zero-order valence-electron chi connectivity index (χ0n) is 25.0. The van der Waals surface area contributed by atoms with E-state index in [1.54, 1.807) is 0 Å². The maximum atomic E-state index is 13.2. The third-order valence-corrected chi connectivity index (χ3v) is 10.7. The van der Waals surface area contributed by atoms with Gasteiger partial charge in [-0.05, 0) is 45.1 Å². The van der Waals surface area contributed by atoms with Gasteiger partial charge in [0.05, 0.1) is 6.04 Å². The second kappa shape index (κ2) is 13.5. The van der Waals surface area contributed by atoms with Crippen LogP contribution < -0.4 is 0 Å². The molecule has 0 aromatic heterocycles. The van der Waals surface area contributed by atoms with Crippen LogP contribution in [0, 0.1) is 5.92 Å². The zero-order valence-corrected chi connectivity index (χ0v) is 25.0. The normalized spacial score (nSPS) is 28.4. The van der Waals surface area contributed by atoms with Crippen molar-refractivity contribution in [1.82, 2.24) is 24.5 Å². The van der Waals surface area contributed by atoms with Crippen molar-refractivity contribution in [3.8, 4) is 0 Å². The molecule has 1 spiro atoms. The number of carbonyl (C=O) groups is 2. The molecular formula is C31H55N5O3. The standard InChI is InChI=1S/C31H55N5O3/c1-3-4-10-28-31(39-30(38)36(28)25-26-8-6-5-7-9-26)14-19-34(20-15-31)27-11-17-35(18-12-27)29(37)13-16-33-23-21-32(2)22-24-33/h26-28H,3-25H2,1-2H3. The zero-order chi connectivity index (χ0) is 27.2. The van der Waals surface area contributed by atoms with E-state index in [-0.39, 0.29) is 17.7 Å². The fourth-order valence-electron chi connectivity index (χ4n) is 8.04. The van der Waals surface area contributed by atoms with Gasteiger partial charge in [-0.25, -0.2) is 4.79 Å². The van der Waals surface area contributed by atoms with E-state index in [2.05, 4.69) is 38.5 Å². The molecule has 39 heavy (non-hydrogen) atoms. The number of hydrogen-bond acceptors (Lipinski definition) is 6. The van der Waals surface area contributed by atoms with Gasteiger partial charge in [-0.3, -0.25) is 9.69 Å². The van der Waals surface area contributed by atoms with Crippen molar-refractivity contribution >= 4 is 12.0 Å². The van der Waals surface area contributed by atoms with Gasteiger partial charge in [0.2, 0.25) is 5.91 Å². The van der Waals surface area contributed by atoms with Crippen molar-refractivity contribution in [2.45, 2.75) is 108 Å². The van der Waals surface area contributed by atoms with Gasteiger partial charge in [0.25, 0.3) is 0 Å². The fraction of sp³-hybridized carbons (Fsp3) is 0.935. The number of rotatable bonds is 9. The number of amides is 2. The van der Waals surface area contributed by atoms with Crippen molar-refractivity contribution in [2.75, 3.05) is 72.5 Å². The quantitative estimate of drug-likeness (QED) is 0.436. The molecule has 4 saturated heterocycles. The molecule has 1 aliphatic carbocycles. The first-order valence-electron chi connectivity index (χ1n) is 16.4. The lowest BCUT2D eigenvalue weighted by Crippen LogP contribution is -2.56. The highest BCUT2D eigenvalue weighted by molar-refractivity contribution is 5.76. The monoisotopic (exact) mass is 545 g/mol. The summed E-state index contributed by atoms with van der Waals surface area (Å²) in [6, 6.07) is 0.794. The fourth-order valence-corrected chi connectivity index (χ4v) is 8.04. The molecule has 0 radical (unpaired) electrons. The van der Waals surface area contributed by atoms with Gasteiger partial charge in [0.15, 0.2) is 0 Å². The Balaban J connectivity index is 1.09. The number of likely N-dealkylation sites (N-methyl/N-ethyl adjacent to an activating group) is 1. The van der Waals surface area contributed by atoms with Crippen LogP contribution in [0.4, 0.5) is 4.79 Å². The number of piperidine rings is 2. The molecule has 1 saturated carbocycles. The highest BCUT2D eigenvalue weighted by Crippen LogP contribution is 2.42. The molecule has 0 N–H and O–H groups in total. The summed E-state index contributed by atoms with van der Waals surface area (Å²) in [5.74, 6) is 0.986. The summed E-state index contributed by atoms with van der Waals surface area (Å²) in [5, 5.41) is 0. The Morgan fingerprint density at radius 3 is 2.28 bits per heavy atom. The SMILES string of the molecule is CCCCC1N(CC2CCCCC2)C(=O)OC12CCN(C1CCN(C(=O)CCN3CCN(C)CC3)CC1)CC2. The number of likely N-dealkylation sites (tertiary alicyclic amines) is 2. The molecule has 8 nitrogen and oxygen atoms in total. The lowest BCUT2D eigenvalue weighted by molar-refractivity contribution is -0.133. The molecule has 4 heterocycles. The Labute approximate surface area is 237 Å². The lowest BCUT2D eigenvalue weighted by Gasteiger charge is -2.46. The molecule has 2 amide bonds. The van der Waals surface area contributed by atoms with Gasteiger partial charge in [-0.1, -0.05) is 39.0 Å². The maximum Gasteiger partial charge on any atom is 0.410 e. The minimum Gasteiger partial charge on any atom is -0.440 e. The molecule has 1 unspecified atom stereocenters. The first kappa shape index (κ1) is 29.1. The maximum absolute atomic E-state index is 13.2. The predicted octanol–water partition coefficient (Wildman–Crippen LogP) is 4.04. The summed E-state index contributed by atoms with van der Waals surface area (Å²) < 4.78 is 6.32. The largest absolute Gasteiger partial charge is 0.440 e. The molecule has 5 fully saturated rings. The Morgan fingerprint density at radius 2 is 1.62 bits per heavy atom. The van der Waals surface area contributed by atoms with E-state index in [9.17, 15) is 9.59 Å². The molecule has 8 heteroatoms. The summed E-state index contributed by atoms with van der Waals surface area (Å²) in [4.78, 5) is 37.8. The molecule has 1 atom stereocenters. The number of piperazine rings is 1. The van der Waals surface area contributed by atoms with Crippen LogP contribution in [-0.4, -0.2) is 127 Å². The van der Waals surface area contributed by atoms with Gasteiger partial charge >= 0.3 is 6.09 Å². The Kier molecular flexibility index (Phi) is 10.1. The van der Waals surface area contributed by atoms with Crippen LogP contribution in [0.5, 0.6) is 0 Å². The van der Waals surface area contributed by atoms with Crippen molar-refractivity contribution in [3.05, 3.63) is 0 Å². The number of unbranched alkanes of at least 4 members (excludes halogenated alkanes) is 1. The third-order valence-electron chi connectivity index (χ3n) is 10.7. The third kappa shape index (κ3) is 7.10. The number of hydrogen-bond donors (Lipinski definition) is 0. The Morgan fingerprint density at radius 1 is 0.923 bits per heavy atom. The second-order valence-electron chi connectivity index (χ2n) is 13.3. The van der Waals surface area contributed by atoms with E-state index in [0.29, 0.717) is 24.3 Å². The number of carbonyl (C=O) groups excluding carboxylic acids is 2. The minimum atomic E-state index is -0.294. The van der Waals surface area contributed by atoms with E-state index in [1.807, 2.05) is 0 Å². The summed E-state index contributed by atoms with van der Waals surface area (Å²) in [5.41, 5.74) is -0.294. The highest BCUT2D eigenvalue weighted by atomic mass is 16.6. The number of nitrogens with zero attached hydrogens (tertiary/aromatic N) is 5. The Bertz CT molecular complexity index is 794. The van der Waals surface area contributed by atoms with Crippen LogP contribution in [0.15, 0.2) is 0 Å². The van der Waals surface area contributed by atoms with Crippen LogP contribution in [0.2, 0.25) is 0 Å². The number of ether oxygens (including phenoxy) is 1. The summed E-state index contributed by atoms with van der Waals surface area (Å²) >= 11 is 0. The average molecular weight is 546 g/mol. The van der Waals surface area contributed by atoms with Crippen molar-refractivity contribution < 1.29 is 14.3 Å². The van der Waals surface area contributed by atoms with Crippen LogP contribution in [0.1, 0.15) is 90.4 Å².